The quantitative estimate of drug-likeness (QED) is 0.677. The second kappa shape index (κ2) is 9.89. The van der Waals surface area contributed by atoms with Crippen LogP contribution in [-0.2, 0) is 21.2 Å². The number of carbonyl (C=O) groups is 1. The number of ether oxygens (including phenoxy) is 1. The Kier molecular flexibility index (Phi) is 7.81. The molecule has 1 atom stereocenters. The number of rotatable bonds is 9. The highest BCUT2D eigenvalue weighted by Crippen LogP contribution is 2.25. The summed E-state index contributed by atoms with van der Waals surface area (Å²) in [6, 6.07) is 12.8. The molecule has 1 N–H and O–H groups in total. The van der Waals surface area contributed by atoms with Crippen molar-refractivity contribution >= 4 is 15.9 Å². The van der Waals surface area contributed by atoms with Gasteiger partial charge in [0.2, 0.25) is 15.9 Å². The van der Waals surface area contributed by atoms with E-state index in [4.69, 9.17) is 4.74 Å². The zero-order chi connectivity index (χ0) is 21.6. The van der Waals surface area contributed by atoms with Gasteiger partial charge >= 0.3 is 0 Å². The van der Waals surface area contributed by atoms with Crippen molar-refractivity contribution in [1.29, 1.82) is 0 Å². The van der Waals surface area contributed by atoms with Gasteiger partial charge in [0.15, 0.2) is 0 Å². The number of carbonyl (C=O) groups excluding carboxylic acids is 1. The summed E-state index contributed by atoms with van der Waals surface area (Å²) in [5.74, 6) is 0.487. The number of sulfonamides is 1. The predicted octanol–water partition coefficient (Wildman–Crippen LogP) is 3.45. The minimum absolute atomic E-state index is 0.0505. The Morgan fingerprint density at radius 1 is 1.14 bits per heavy atom. The van der Waals surface area contributed by atoms with Gasteiger partial charge in [-0.25, -0.2) is 12.7 Å². The third kappa shape index (κ3) is 5.81. The van der Waals surface area contributed by atoms with Gasteiger partial charge in [-0.15, -0.1) is 0 Å². The summed E-state index contributed by atoms with van der Waals surface area (Å²) in [6.07, 6.45) is 1.41. The van der Waals surface area contributed by atoms with Gasteiger partial charge in [-0.05, 0) is 49.1 Å². The molecule has 0 unspecified atom stereocenters. The lowest BCUT2D eigenvalue weighted by Crippen LogP contribution is -2.28. The van der Waals surface area contributed by atoms with E-state index in [1.54, 1.807) is 12.1 Å². The molecular weight excluding hydrogens is 388 g/mol. The molecule has 0 heterocycles. The maximum Gasteiger partial charge on any atom is 0.242 e. The molecule has 2 aromatic carbocycles. The number of hydrogen-bond acceptors (Lipinski definition) is 4. The van der Waals surface area contributed by atoms with Crippen molar-refractivity contribution in [3.05, 3.63) is 59.2 Å². The summed E-state index contributed by atoms with van der Waals surface area (Å²) >= 11 is 0. The second-order valence-corrected chi connectivity index (χ2v) is 9.35. The fourth-order valence-electron chi connectivity index (χ4n) is 3.06. The molecule has 0 radical (unpaired) electrons. The van der Waals surface area contributed by atoms with Crippen molar-refractivity contribution < 1.29 is 17.9 Å². The number of amides is 1. The summed E-state index contributed by atoms with van der Waals surface area (Å²) in [5, 5.41) is 3.07. The molecule has 7 heteroatoms. The third-order valence-electron chi connectivity index (χ3n) is 4.88. The highest BCUT2D eigenvalue weighted by Gasteiger charge is 2.20. The number of benzene rings is 2. The van der Waals surface area contributed by atoms with Gasteiger partial charge < -0.3 is 10.1 Å². The van der Waals surface area contributed by atoms with Crippen molar-refractivity contribution in [2.24, 2.45) is 0 Å². The Labute approximate surface area is 173 Å². The largest absolute Gasteiger partial charge is 0.496 e. The zero-order valence-electron chi connectivity index (χ0n) is 17.7. The molecule has 0 aliphatic rings. The number of hydrogen-bond donors (Lipinski definition) is 1. The Morgan fingerprint density at radius 2 is 1.79 bits per heavy atom. The van der Waals surface area contributed by atoms with Gasteiger partial charge in [0.05, 0.1) is 18.0 Å². The predicted molar refractivity (Wildman–Crippen MR) is 115 cm³/mol. The third-order valence-corrected chi connectivity index (χ3v) is 6.69. The first-order chi connectivity index (χ1) is 13.7. The van der Waals surface area contributed by atoms with Crippen LogP contribution in [0.5, 0.6) is 5.75 Å². The molecule has 1 amide bonds. The SMILES string of the molecule is CC[C@@H](NC(=O)CCc1cc(S(=O)(=O)N(C)C)ccc1OC)c1ccc(C)cc1. The molecule has 0 fully saturated rings. The highest BCUT2D eigenvalue weighted by molar-refractivity contribution is 7.89. The molecule has 0 saturated carbocycles. The molecular formula is C22H30N2O4S. The van der Waals surface area contributed by atoms with E-state index in [0.717, 1.165) is 12.0 Å². The first kappa shape index (κ1) is 22.9. The molecule has 6 nitrogen and oxygen atoms in total. The molecule has 0 aliphatic carbocycles. The molecule has 2 aromatic rings. The molecule has 158 valence electrons. The number of nitrogens with zero attached hydrogens (tertiary/aromatic N) is 1. The van der Waals surface area contributed by atoms with Gasteiger partial charge in [0.1, 0.15) is 5.75 Å². The number of nitrogens with one attached hydrogen (secondary N) is 1. The van der Waals surface area contributed by atoms with E-state index in [2.05, 4.69) is 5.32 Å². The van der Waals surface area contributed by atoms with Crippen molar-refractivity contribution in [2.45, 2.75) is 44.0 Å². The van der Waals surface area contributed by atoms with Crippen LogP contribution in [0.15, 0.2) is 47.4 Å². The van der Waals surface area contributed by atoms with E-state index >= 15 is 0 Å². The van der Waals surface area contributed by atoms with Crippen molar-refractivity contribution in [3.63, 3.8) is 0 Å². The summed E-state index contributed by atoms with van der Waals surface area (Å²) in [6.45, 7) is 4.06. The average molecular weight is 419 g/mol. The minimum atomic E-state index is -3.55. The van der Waals surface area contributed by atoms with E-state index in [0.29, 0.717) is 17.7 Å². The van der Waals surface area contributed by atoms with E-state index < -0.39 is 10.0 Å². The van der Waals surface area contributed by atoms with Gasteiger partial charge in [0.25, 0.3) is 0 Å². The molecule has 29 heavy (non-hydrogen) atoms. The Morgan fingerprint density at radius 3 is 2.34 bits per heavy atom. The zero-order valence-corrected chi connectivity index (χ0v) is 18.5. The van der Waals surface area contributed by atoms with Crippen LogP contribution in [0, 0.1) is 6.92 Å². The Bertz CT molecular complexity index is 938. The van der Waals surface area contributed by atoms with Crippen LogP contribution < -0.4 is 10.1 Å². The van der Waals surface area contributed by atoms with Crippen LogP contribution in [0.3, 0.4) is 0 Å². The standard InChI is InChI=1S/C22H30N2O4S/c1-6-20(17-9-7-16(2)8-10-17)23-22(25)14-11-18-15-19(12-13-21(18)28-5)29(26,27)24(3)4/h7-10,12-13,15,20H,6,11,14H2,1-5H3,(H,23,25)/t20-/m1/s1. The van der Waals surface area contributed by atoms with Crippen LogP contribution >= 0.6 is 0 Å². The lowest BCUT2D eigenvalue weighted by atomic mass is 10.0. The Hall–Kier alpha value is -2.38. The molecule has 0 aliphatic heterocycles. The number of methoxy groups -OCH3 is 1. The van der Waals surface area contributed by atoms with Crippen molar-refractivity contribution in [2.75, 3.05) is 21.2 Å². The van der Waals surface area contributed by atoms with Gasteiger partial charge in [-0.1, -0.05) is 36.8 Å². The van der Waals surface area contributed by atoms with Crippen LogP contribution in [0.1, 0.15) is 42.5 Å². The first-order valence-corrected chi connectivity index (χ1v) is 11.1. The number of aryl methyl sites for hydroxylation is 2. The fourth-order valence-corrected chi connectivity index (χ4v) is 4.01. The van der Waals surface area contributed by atoms with E-state index in [9.17, 15) is 13.2 Å². The topological polar surface area (TPSA) is 75.7 Å². The van der Waals surface area contributed by atoms with E-state index in [-0.39, 0.29) is 23.3 Å². The van der Waals surface area contributed by atoms with Gasteiger partial charge in [-0.3, -0.25) is 4.79 Å². The lowest BCUT2D eigenvalue weighted by Gasteiger charge is -2.18. The molecule has 0 spiro atoms. The van der Waals surface area contributed by atoms with Crippen LogP contribution in [-0.4, -0.2) is 39.8 Å². The van der Waals surface area contributed by atoms with Gasteiger partial charge in [0, 0.05) is 20.5 Å². The van der Waals surface area contributed by atoms with Crippen LogP contribution in [0.25, 0.3) is 0 Å². The summed E-state index contributed by atoms with van der Waals surface area (Å²) in [4.78, 5) is 12.7. The maximum atomic E-state index is 12.5. The van der Waals surface area contributed by atoms with Crippen molar-refractivity contribution in [3.8, 4) is 5.75 Å². The smallest absolute Gasteiger partial charge is 0.242 e. The maximum absolute atomic E-state index is 12.5. The molecule has 2 rings (SSSR count). The minimum Gasteiger partial charge on any atom is -0.496 e. The lowest BCUT2D eigenvalue weighted by molar-refractivity contribution is -0.121. The summed E-state index contributed by atoms with van der Waals surface area (Å²) in [7, 11) is 0.961. The normalized spacial score (nSPS) is 12.6. The molecule has 0 aromatic heterocycles. The summed E-state index contributed by atoms with van der Waals surface area (Å²) in [5.41, 5.74) is 2.94. The average Bonchev–Trinajstić information content (AvgIpc) is 2.70. The van der Waals surface area contributed by atoms with E-state index in [1.807, 2.05) is 38.1 Å². The summed E-state index contributed by atoms with van der Waals surface area (Å²) < 4.78 is 31.3. The first-order valence-electron chi connectivity index (χ1n) is 9.64. The fraction of sp³-hybridized carbons (Fsp3) is 0.409. The second-order valence-electron chi connectivity index (χ2n) is 7.20. The molecule has 0 saturated heterocycles. The molecule has 0 bridgehead atoms. The monoisotopic (exact) mass is 418 g/mol. The van der Waals surface area contributed by atoms with E-state index in [1.165, 1.54) is 37.1 Å². The Balaban J connectivity index is 2.11. The van der Waals surface area contributed by atoms with Gasteiger partial charge in [-0.2, -0.15) is 0 Å². The highest BCUT2D eigenvalue weighted by atomic mass is 32.2. The van der Waals surface area contributed by atoms with Crippen molar-refractivity contribution in [1.82, 2.24) is 9.62 Å². The van der Waals surface area contributed by atoms with Crippen LogP contribution in [0.2, 0.25) is 0 Å². The van der Waals surface area contributed by atoms with Crippen LogP contribution in [0.4, 0.5) is 0 Å².